The molecule has 4 heteroatoms. The molecule has 0 atom stereocenters. The first kappa shape index (κ1) is 23.7. The Morgan fingerprint density at radius 2 is 0.902 bits per heavy atom. The predicted molar refractivity (Wildman–Crippen MR) is 172 cm³/mol. The van der Waals surface area contributed by atoms with Gasteiger partial charge in [-0.3, -0.25) is 0 Å². The maximum atomic E-state index is 4.92. The molecule has 6 aromatic carbocycles. The molecule has 0 bridgehead atoms. The summed E-state index contributed by atoms with van der Waals surface area (Å²) in [4.78, 5) is 14.7. The van der Waals surface area contributed by atoms with Crippen molar-refractivity contribution in [1.82, 2.24) is 15.0 Å². The number of fused-ring (bicyclic) bond motifs is 4. The van der Waals surface area contributed by atoms with Gasteiger partial charge in [-0.25, -0.2) is 15.0 Å². The van der Waals surface area contributed by atoms with Crippen molar-refractivity contribution in [3.63, 3.8) is 0 Å². The Labute approximate surface area is 241 Å². The third-order valence-electron chi connectivity index (χ3n) is 7.51. The van der Waals surface area contributed by atoms with E-state index >= 15 is 0 Å². The highest BCUT2D eigenvalue weighted by Crippen LogP contribution is 2.38. The molecule has 0 N–H and O–H groups in total. The van der Waals surface area contributed by atoms with E-state index in [1.165, 1.54) is 42.1 Å². The first-order chi connectivity index (χ1) is 20.3. The average Bonchev–Trinajstić information content (AvgIpc) is 3.42. The molecule has 0 fully saturated rings. The summed E-state index contributed by atoms with van der Waals surface area (Å²) in [7, 11) is 0. The first-order valence-electron chi connectivity index (χ1n) is 13.6. The van der Waals surface area contributed by atoms with Crippen LogP contribution in [0.2, 0.25) is 0 Å². The van der Waals surface area contributed by atoms with Crippen LogP contribution in [0.15, 0.2) is 140 Å². The van der Waals surface area contributed by atoms with Crippen molar-refractivity contribution in [3.05, 3.63) is 140 Å². The van der Waals surface area contributed by atoms with Gasteiger partial charge in [-0.2, -0.15) is 0 Å². The van der Waals surface area contributed by atoms with Crippen molar-refractivity contribution in [2.45, 2.75) is 0 Å². The van der Waals surface area contributed by atoms with E-state index in [-0.39, 0.29) is 0 Å². The van der Waals surface area contributed by atoms with Crippen molar-refractivity contribution in [2.24, 2.45) is 0 Å². The van der Waals surface area contributed by atoms with Crippen molar-refractivity contribution < 1.29 is 0 Å². The van der Waals surface area contributed by atoms with E-state index in [9.17, 15) is 0 Å². The highest BCUT2D eigenvalue weighted by molar-refractivity contribution is 7.25. The molecular formula is C37H23N3S. The van der Waals surface area contributed by atoms with Crippen LogP contribution in [0.4, 0.5) is 0 Å². The normalized spacial score (nSPS) is 11.4. The Hall–Kier alpha value is -5.19. The number of rotatable bonds is 4. The zero-order valence-electron chi connectivity index (χ0n) is 22.0. The van der Waals surface area contributed by atoms with Crippen molar-refractivity contribution >= 4 is 42.3 Å². The SMILES string of the molecule is c1ccc(-c2nc(-c3ccccc3)nc(-c3ccc4c(c3)sc3ccc(-c5ccc6ccccc6c5)cc34)n2)cc1. The predicted octanol–water partition coefficient (Wildman–Crippen LogP) is 10.1. The molecule has 2 heterocycles. The van der Waals surface area contributed by atoms with Gasteiger partial charge in [0.25, 0.3) is 0 Å². The summed E-state index contributed by atoms with van der Waals surface area (Å²) in [6.07, 6.45) is 0. The van der Waals surface area contributed by atoms with Crippen molar-refractivity contribution in [2.75, 3.05) is 0 Å². The summed E-state index contributed by atoms with van der Waals surface area (Å²) in [6.45, 7) is 0. The van der Waals surface area contributed by atoms with Crippen LogP contribution in [0.25, 0.3) is 76.2 Å². The molecule has 0 aliphatic carbocycles. The number of thiophene rings is 1. The fourth-order valence-corrected chi connectivity index (χ4v) is 6.53. The maximum absolute atomic E-state index is 4.92. The monoisotopic (exact) mass is 541 g/mol. The molecule has 0 unspecified atom stereocenters. The minimum absolute atomic E-state index is 0.672. The van der Waals surface area contributed by atoms with Gasteiger partial charge < -0.3 is 0 Å². The zero-order chi connectivity index (χ0) is 27.2. The smallest absolute Gasteiger partial charge is 0.164 e. The Morgan fingerprint density at radius 3 is 1.61 bits per heavy atom. The number of hydrogen-bond acceptors (Lipinski definition) is 4. The third kappa shape index (κ3) is 4.35. The van der Waals surface area contributed by atoms with E-state index in [1.54, 1.807) is 11.3 Å². The summed E-state index contributed by atoms with van der Waals surface area (Å²) in [5, 5.41) is 5.03. The van der Waals surface area contributed by atoms with Crippen LogP contribution in [0.5, 0.6) is 0 Å². The second-order valence-electron chi connectivity index (χ2n) is 10.1. The van der Waals surface area contributed by atoms with E-state index in [4.69, 9.17) is 15.0 Å². The van der Waals surface area contributed by atoms with Crippen molar-refractivity contribution in [1.29, 1.82) is 0 Å². The second kappa shape index (κ2) is 9.77. The molecule has 0 radical (unpaired) electrons. The lowest BCUT2D eigenvalue weighted by Crippen LogP contribution is -1.99. The summed E-state index contributed by atoms with van der Waals surface area (Å²) >= 11 is 1.81. The van der Waals surface area contributed by atoms with Crippen LogP contribution in [0.1, 0.15) is 0 Å². The van der Waals surface area contributed by atoms with Crippen LogP contribution < -0.4 is 0 Å². The van der Waals surface area contributed by atoms with Gasteiger partial charge in [0.15, 0.2) is 17.5 Å². The number of nitrogens with zero attached hydrogens (tertiary/aromatic N) is 3. The maximum Gasteiger partial charge on any atom is 0.164 e. The van der Waals surface area contributed by atoms with Gasteiger partial charge >= 0.3 is 0 Å². The van der Waals surface area contributed by atoms with Gasteiger partial charge in [-0.05, 0) is 46.2 Å². The lowest BCUT2D eigenvalue weighted by molar-refractivity contribution is 1.07. The first-order valence-corrected chi connectivity index (χ1v) is 14.4. The molecule has 0 spiro atoms. The molecule has 0 saturated heterocycles. The Bertz CT molecular complexity index is 2140. The highest BCUT2D eigenvalue weighted by Gasteiger charge is 2.14. The summed E-state index contributed by atoms with van der Waals surface area (Å²) in [5.41, 5.74) is 5.38. The van der Waals surface area contributed by atoms with Crippen molar-refractivity contribution in [3.8, 4) is 45.3 Å². The number of benzene rings is 6. The Balaban J connectivity index is 1.24. The van der Waals surface area contributed by atoms with Gasteiger partial charge in [0.05, 0.1) is 0 Å². The van der Waals surface area contributed by atoms with E-state index < -0.39 is 0 Å². The number of aromatic nitrogens is 3. The largest absolute Gasteiger partial charge is 0.208 e. The van der Waals surface area contributed by atoms with Gasteiger partial charge in [0, 0.05) is 36.9 Å². The van der Waals surface area contributed by atoms with Gasteiger partial charge in [0.2, 0.25) is 0 Å². The van der Waals surface area contributed by atoms with Crippen LogP contribution in [0.3, 0.4) is 0 Å². The molecule has 2 aromatic heterocycles. The molecule has 0 saturated carbocycles. The quantitative estimate of drug-likeness (QED) is 0.222. The van der Waals surface area contributed by atoms with Crippen LogP contribution in [0, 0.1) is 0 Å². The van der Waals surface area contributed by atoms with E-state index in [2.05, 4.69) is 78.9 Å². The third-order valence-corrected chi connectivity index (χ3v) is 8.65. The van der Waals surface area contributed by atoms with Crippen LogP contribution in [-0.2, 0) is 0 Å². The van der Waals surface area contributed by atoms with Gasteiger partial charge in [-0.1, -0.05) is 115 Å². The fraction of sp³-hybridized carbons (Fsp3) is 0. The molecule has 0 aliphatic rings. The van der Waals surface area contributed by atoms with Gasteiger partial charge in [-0.15, -0.1) is 11.3 Å². The highest BCUT2D eigenvalue weighted by atomic mass is 32.1. The molecule has 0 amide bonds. The van der Waals surface area contributed by atoms with Gasteiger partial charge in [0.1, 0.15) is 0 Å². The Kier molecular flexibility index (Phi) is 5.64. The summed E-state index contributed by atoms with van der Waals surface area (Å²) < 4.78 is 2.49. The van der Waals surface area contributed by atoms with Crippen LogP contribution in [-0.4, -0.2) is 15.0 Å². The second-order valence-corrected chi connectivity index (χ2v) is 11.2. The Morgan fingerprint density at radius 1 is 0.341 bits per heavy atom. The molecule has 0 aliphatic heterocycles. The standard InChI is InChI=1S/C37H23N3S/c1-3-10-25(11-4-1)35-38-36(26-12-5-2-6-13-26)40-37(39-35)30-17-19-31-32-22-29(18-20-33(32)41-34(31)23-30)28-16-15-24-9-7-8-14-27(24)21-28/h1-23H. The summed E-state index contributed by atoms with van der Waals surface area (Å²) in [6, 6.07) is 48.8. The molecule has 192 valence electrons. The fourth-order valence-electron chi connectivity index (χ4n) is 5.40. The topological polar surface area (TPSA) is 38.7 Å². The lowest BCUT2D eigenvalue weighted by Gasteiger charge is -2.08. The van der Waals surface area contributed by atoms with E-state index in [1.807, 2.05) is 60.7 Å². The number of hydrogen-bond donors (Lipinski definition) is 0. The summed E-state index contributed by atoms with van der Waals surface area (Å²) in [5.74, 6) is 2.02. The molecule has 3 nitrogen and oxygen atoms in total. The molecular weight excluding hydrogens is 518 g/mol. The molecule has 8 rings (SSSR count). The van der Waals surface area contributed by atoms with Crippen LogP contribution >= 0.6 is 11.3 Å². The van der Waals surface area contributed by atoms with E-state index in [0.717, 1.165) is 16.7 Å². The molecule has 41 heavy (non-hydrogen) atoms. The average molecular weight is 542 g/mol. The zero-order valence-corrected chi connectivity index (χ0v) is 22.8. The minimum Gasteiger partial charge on any atom is -0.208 e. The minimum atomic E-state index is 0.672. The lowest BCUT2D eigenvalue weighted by atomic mass is 9.99. The molecule has 8 aromatic rings. The van der Waals surface area contributed by atoms with E-state index in [0.29, 0.717) is 17.5 Å².